The molecule has 1 aliphatic rings. The van der Waals surface area contributed by atoms with E-state index in [1.54, 1.807) is 11.8 Å². The van der Waals surface area contributed by atoms with Crippen molar-refractivity contribution in [1.29, 1.82) is 0 Å². The van der Waals surface area contributed by atoms with Crippen molar-refractivity contribution in [2.75, 3.05) is 25.6 Å². The molecule has 10 heteroatoms. The van der Waals surface area contributed by atoms with Crippen LogP contribution in [-0.4, -0.2) is 41.1 Å². The van der Waals surface area contributed by atoms with E-state index in [1.807, 2.05) is 56.3 Å². The molecule has 0 saturated heterocycles. The van der Waals surface area contributed by atoms with Crippen LogP contribution in [0.4, 0.5) is 5.95 Å². The minimum absolute atomic E-state index is 0.0955. The summed E-state index contributed by atoms with van der Waals surface area (Å²) in [5.74, 6) is 1.83. The highest BCUT2D eigenvalue weighted by Gasteiger charge is 2.35. The predicted molar refractivity (Wildman–Crippen MR) is 141 cm³/mol. The summed E-state index contributed by atoms with van der Waals surface area (Å²) in [5.41, 5.74) is 2.82. The van der Waals surface area contributed by atoms with Crippen LogP contribution in [0.1, 0.15) is 31.0 Å². The van der Waals surface area contributed by atoms with Gasteiger partial charge in [0.15, 0.2) is 11.5 Å². The molecule has 2 aromatic carbocycles. The molecule has 4 rings (SSSR count). The number of esters is 1. The second-order valence-corrected chi connectivity index (χ2v) is 9.19. The van der Waals surface area contributed by atoms with E-state index in [0.717, 1.165) is 11.1 Å². The average Bonchev–Trinajstić information content (AvgIpc) is 3.28. The van der Waals surface area contributed by atoms with Crippen LogP contribution in [0.15, 0.2) is 71.5 Å². The van der Waals surface area contributed by atoms with Gasteiger partial charge in [-0.25, -0.2) is 9.48 Å². The van der Waals surface area contributed by atoms with Crippen molar-refractivity contribution in [1.82, 2.24) is 14.8 Å². The molecule has 3 aromatic rings. The Morgan fingerprint density at radius 3 is 2.81 bits per heavy atom. The molecular formula is C26H27ClN4O4S. The van der Waals surface area contributed by atoms with E-state index in [9.17, 15) is 4.79 Å². The number of anilines is 1. The number of nitrogens with zero attached hydrogens (tertiary/aromatic N) is 3. The predicted octanol–water partition coefficient (Wildman–Crippen LogP) is 5.65. The lowest BCUT2D eigenvalue weighted by Crippen LogP contribution is -2.29. The van der Waals surface area contributed by atoms with Gasteiger partial charge in [-0.05, 0) is 43.2 Å². The van der Waals surface area contributed by atoms with Crippen molar-refractivity contribution in [3.8, 4) is 11.5 Å². The summed E-state index contributed by atoms with van der Waals surface area (Å²) in [7, 11) is 1.59. The molecule has 1 aliphatic heterocycles. The van der Waals surface area contributed by atoms with Crippen LogP contribution in [0.3, 0.4) is 0 Å². The fourth-order valence-corrected chi connectivity index (χ4v) is 4.98. The third-order valence-electron chi connectivity index (χ3n) is 5.50. The lowest BCUT2D eigenvalue weighted by atomic mass is 9.95. The molecule has 0 fully saturated rings. The Morgan fingerprint density at radius 1 is 1.28 bits per heavy atom. The Hall–Kier alpha value is -3.43. The zero-order chi connectivity index (χ0) is 25.7. The van der Waals surface area contributed by atoms with Gasteiger partial charge in [0.2, 0.25) is 11.1 Å². The van der Waals surface area contributed by atoms with Crippen molar-refractivity contribution >= 4 is 35.3 Å². The summed E-state index contributed by atoms with van der Waals surface area (Å²) in [5, 5.41) is 9.20. The molecule has 0 radical (unpaired) electrons. The van der Waals surface area contributed by atoms with Crippen LogP contribution in [0, 0.1) is 0 Å². The summed E-state index contributed by atoms with van der Waals surface area (Å²) in [4.78, 5) is 17.8. The minimum atomic E-state index is -0.592. The highest BCUT2D eigenvalue weighted by molar-refractivity contribution is 7.98. The highest BCUT2D eigenvalue weighted by atomic mass is 35.5. The molecule has 188 valence electrons. The largest absolute Gasteiger partial charge is 0.493 e. The van der Waals surface area contributed by atoms with Gasteiger partial charge in [-0.15, -0.1) is 5.10 Å². The monoisotopic (exact) mass is 526 g/mol. The average molecular weight is 527 g/mol. The first-order valence-electron chi connectivity index (χ1n) is 11.4. The number of hydrogen-bond donors (Lipinski definition) is 1. The molecule has 0 saturated carbocycles. The molecule has 8 nitrogen and oxygen atoms in total. The Kier molecular flexibility index (Phi) is 8.22. The Labute approximate surface area is 219 Å². The molecule has 0 amide bonds. The zero-order valence-corrected chi connectivity index (χ0v) is 21.9. The van der Waals surface area contributed by atoms with Crippen LogP contribution < -0.4 is 14.8 Å². The van der Waals surface area contributed by atoms with Crippen molar-refractivity contribution in [3.05, 3.63) is 82.5 Å². The number of rotatable bonds is 10. The first-order chi connectivity index (χ1) is 17.5. The number of hydrogen-bond acceptors (Lipinski definition) is 8. The van der Waals surface area contributed by atoms with Gasteiger partial charge in [0.05, 0.1) is 19.3 Å². The molecular weight excluding hydrogens is 500 g/mol. The lowest BCUT2D eigenvalue weighted by molar-refractivity contribution is -0.138. The fourth-order valence-electron chi connectivity index (χ4n) is 3.87. The number of ether oxygens (including phenoxy) is 3. The standard InChI is InChI=1S/C26H27ClN4O4S/c1-5-13-35-24(32)22-16(3)28-25-29-26(36-15-18-9-7-8-10-19(18)27)30-31(25)23(22)17-11-12-20(33-4)21(14-17)34-6-2/h5,7-12,14,23H,1,6,13,15H2,2-4H3,(H,28,29,30). The maximum Gasteiger partial charge on any atom is 0.338 e. The number of carbonyl (C=O) groups is 1. The van der Waals surface area contributed by atoms with E-state index >= 15 is 0 Å². The fraction of sp³-hybridized carbons (Fsp3) is 0.269. The van der Waals surface area contributed by atoms with Crippen molar-refractivity contribution in [2.45, 2.75) is 30.8 Å². The van der Waals surface area contributed by atoms with E-state index in [1.165, 1.54) is 17.8 Å². The number of thioether (sulfide) groups is 1. The van der Waals surface area contributed by atoms with Gasteiger partial charge in [-0.3, -0.25) is 0 Å². The number of benzene rings is 2. The van der Waals surface area contributed by atoms with Crippen LogP contribution in [0.2, 0.25) is 5.02 Å². The van der Waals surface area contributed by atoms with Crippen molar-refractivity contribution < 1.29 is 19.0 Å². The number of carbonyl (C=O) groups excluding carboxylic acids is 1. The molecule has 1 N–H and O–H groups in total. The van der Waals surface area contributed by atoms with E-state index in [4.69, 9.17) is 30.9 Å². The second kappa shape index (κ2) is 11.5. The third kappa shape index (κ3) is 5.37. The van der Waals surface area contributed by atoms with Crippen LogP contribution in [0.25, 0.3) is 0 Å². The molecule has 1 atom stereocenters. The zero-order valence-electron chi connectivity index (χ0n) is 20.3. The van der Waals surface area contributed by atoms with Gasteiger partial charge in [-0.1, -0.05) is 60.3 Å². The van der Waals surface area contributed by atoms with Gasteiger partial charge in [0.1, 0.15) is 12.6 Å². The Balaban J connectivity index is 1.74. The maximum atomic E-state index is 13.1. The van der Waals surface area contributed by atoms with Crippen LogP contribution in [-0.2, 0) is 15.3 Å². The van der Waals surface area contributed by atoms with Gasteiger partial charge < -0.3 is 19.5 Å². The molecule has 0 aliphatic carbocycles. The van der Waals surface area contributed by atoms with E-state index in [-0.39, 0.29) is 6.61 Å². The number of halogens is 1. The lowest BCUT2D eigenvalue weighted by Gasteiger charge is -2.28. The van der Waals surface area contributed by atoms with Gasteiger partial charge in [0, 0.05) is 16.5 Å². The van der Waals surface area contributed by atoms with Crippen molar-refractivity contribution in [3.63, 3.8) is 0 Å². The second-order valence-electron chi connectivity index (χ2n) is 7.84. The molecule has 1 unspecified atom stereocenters. The summed E-state index contributed by atoms with van der Waals surface area (Å²) in [6.07, 6.45) is 1.53. The topological polar surface area (TPSA) is 87.5 Å². The molecule has 0 bridgehead atoms. The van der Waals surface area contributed by atoms with Crippen LogP contribution >= 0.6 is 23.4 Å². The molecule has 2 heterocycles. The summed E-state index contributed by atoms with van der Waals surface area (Å²) in [6, 6.07) is 12.6. The first kappa shape index (κ1) is 25.7. The van der Waals surface area contributed by atoms with E-state index in [0.29, 0.717) is 51.3 Å². The number of fused-ring (bicyclic) bond motifs is 1. The molecule has 0 spiro atoms. The van der Waals surface area contributed by atoms with Crippen molar-refractivity contribution in [2.24, 2.45) is 0 Å². The smallest absolute Gasteiger partial charge is 0.338 e. The number of nitrogens with one attached hydrogen (secondary N) is 1. The van der Waals surface area contributed by atoms with Gasteiger partial charge in [0.25, 0.3) is 0 Å². The van der Waals surface area contributed by atoms with E-state index in [2.05, 4.69) is 16.9 Å². The number of aromatic nitrogens is 3. The maximum absolute atomic E-state index is 13.1. The Bertz CT molecular complexity index is 1310. The van der Waals surface area contributed by atoms with E-state index < -0.39 is 12.0 Å². The van der Waals surface area contributed by atoms with Crippen LogP contribution in [0.5, 0.6) is 11.5 Å². The number of allylic oxidation sites excluding steroid dienone is 1. The first-order valence-corrected chi connectivity index (χ1v) is 12.7. The number of methoxy groups -OCH3 is 1. The molecule has 1 aromatic heterocycles. The summed E-state index contributed by atoms with van der Waals surface area (Å²) >= 11 is 7.78. The minimum Gasteiger partial charge on any atom is -0.493 e. The SMILES string of the molecule is C=CCOC(=O)C1=C(C)Nc2nc(SCc3ccccc3Cl)nn2C1c1ccc(OC)c(OCC)c1. The third-order valence-corrected chi connectivity index (χ3v) is 6.76. The van der Waals surface area contributed by atoms with Gasteiger partial charge >= 0.3 is 5.97 Å². The highest BCUT2D eigenvalue weighted by Crippen LogP contribution is 2.40. The Morgan fingerprint density at radius 2 is 2.08 bits per heavy atom. The van der Waals surface area contributed by atoms with Gasteiger partial charge in [-0.2, -0.15) is 4.98 Å². The molecule has 36 heavy (non-hydrogen) atoms. The quantitative estimate of drug-likeness (QED) is 0.206. The summed E-state index contributed by atoms with van der Waals surface area (Å²) < 4.78 is 18.4. The summed E-state index contributed by atoms with van der Waals surface area (Å²) in [6.45, 7) is 7.92. The normalized spacial score (nSPS) is 14.6.